The molecule has 0 spiro atoms. The second kappa shape index (κ2) is 6.77. The van der Waals surface area contributed by atoms with Crippen molar-refractivity contribution in [3.63, 3.8) is 0 Å². The third-order valence-electron chi connectivity index (χ3n) is 4.05. The molecule has 0 radical (unpaired) electrons. The summed E-state index contributed by atoms with van der Waals surface area (Å²) >= 11 is 0. The molecule has 1 N–H and O–H groups in total. The van der Waals surface area contributed by atoms with Crippen LogP contribution in [0.2, 0.25) is 0 Å². The maximum atomic E-state index is 11.6. The lowest BCUT2D eigenvalue weighted by Crippen LogP contribution is -2.43. The van der Waals surface area contributed by atoms with E-state index >= 15 is 0 Å². The summed E-state index contributed by atoms with van der Waals surface area (Å²) in [4.78, 5) is 0. The zero-order valence-corrected chi connectivity index (χ0v) is 13.7. The summed E-state index contributed by atoms with van der Waals surface area (Å²) in [7, 11) is 1.71. The Labute approximate surface area is 127 Å². The highest BCUT2D eigenvalue weighted by Crippen LogP contribution is 2.37. The maximum absolute atomic E-state index is 11.6. The van der Waals surface area contributed by atoms with Gasteiger partial charge in [0.15, 0.2) is 0 Å². The highest BCUT2D eigenvalue weighted by Gasteiger charge is 2.30. The van der Waals surface area contributed by atoms with Crippen molar-refractivity contribution in [2.75, 3.05) is 33.5 Å². The molecule has 0 unspecified atom stereocenters. The van der Waals surface area contributed by atoms with Gasteiger partial charge in [0.05, 0.1) is 12.9 Å². The number of nitrogens with zero attached hydrogens (tertiary/aromatic N) is 1. The van der Waals surface area contributed by atoms with E-state index in [4.69, 9.17) is 4.74 Å². The second-order valence-electron chi connectivity index (χ2n) is 5.69. The van der Waals surface area contributed by atoms with Crippen LogP contribution in [0.4, 0.5) is 0 Å². The molecule has 2 rings (SSSR count). The SMILES string of the molecule is COc1cccc(C2CC(NCCS(=O)(=O)N(C)C)C2)c1. The average molecular weight is 312 g/mol. The summed E-state index contributed by atoms with van der Waals surface area (Å²) in [5.74, 6) is 1.59. The van der Waals surface area contributed by atoms with Crippen LogP contribution in [-0.4, -0.2) is 52.3 Å². The summed E-state index contributed by atoms with van der Waals surface area (Å²) in [6.07, 6.45) is 2.10. The zero-order chi connectivity index (χ0) is 15.5. The predicted molar refractivity (Wildman–Crippen MR) is 84.2 cm³/mol. The van der Waals surface area contributed by atoms with Crippen molar-refractivity contribution < 1.29 is 13.2 Å². The Kier molecular flexibility index (Phi) is 5.24. The van der Waals surface area contributed by atoms with E-state index < -0.39 is 10.0 Å². The number of methoxy groups -OCH3 is 1. The molecule has 1 saturated carbocycles. The van der Waals surface area contributed by atoms with Crippen molar-refractivity contribution in [3.8, 4) is 5.75 Å². The molecular weight excluding hydrogens is 288 g/mol. The van der Waals surface area contributed by atoms with Gasteiger partial charge in [0, 0.05) is 26.7 Å². The minimum Gasteiger partial charge on any atom is -0.497 e. The van der Waals surface area contributed by atoms with E-state index in [1.807, 2.05) is 12.1 Å². The highest BCUT2D eigenvalue weighted by atomic mass is 32.2. The topological polar surface area (TPSA) is 58.6 Å². The molecule has 0 amide bonds. The van der Waals surface area contributed by atoms with E-state index in [0.29, 0.717) is 18.5 Å². The largest absolute Gasteiger partial charge is 0.497 e. The molecule has 0 aliphatic heterocycles. The van der Waals surface area contributed by atoms with Gasteiger partial charge >= 0.3 is 0 Å². The van der Waals surface area contributed by atoms with E-state index in [-0.39, 0.29) is 5.75 Å². The summed E-state index contributed by atoms with van der Waals surface area (Å²) in [6, 6.07) is 8.58. The third kappa shape index (κ3) is 4.18. The Balaban J connectivity index is 1.74. The van der Waals surface area contributed by atoms with Crippen LogP contribution in [0.25, 0.3) is 0 Å². The van der Waals surface area contributed by atoms with Crippen molar-refractivity contribution in [1.29, 1.82) is 0 Å². The van der Waals surface area contributed by atoms with Crippen LogP contribution >= 0.6 is 0 Å². The summed E-state index contributed by atoms with van der Waals surface area (Å²) < 4.78 is 29.8. The number of hydrogen-bond donors (Lipinski definition) is 1. The number of hydrogen-bond acceptors (Lipinski definition) is 4. The number of ether oxygens (including phenoxy) is 1. The molecule has 1 aliphatic rings. The summed E-state index contributed by atoms with van der Waals surface area (Å²) in [5.41, 5.74) is 1.30. The fourth-order valence-corrected chi connectivity index (χ4v) is 3.27. The molecule has 0 heterocycles. The molecule has 1 aromatic carbocycles. The standard InChI is InChI=1S/C15H24N2O3S/c1-17(2)21(18,19)8-7-16-14-9-13(10-14)12-5-4-6-15(11-12)20-3/h4-6,11,13-14,16H,7-10H2,1-3H3. The minimum atomic E-state index is -3.10. The van der Waals surface area contributed by atoms with E-state index in [9.17, 15) is 8.42 Å². The predicted octanol–water partition coefficient (Wildman–Crippen LogP) is 1.42. The van der Waals surface area contributed by atoms with Gasteiger partial charge in [0.25, 0.3) is 0 Å². The first-order valence-corrected chi connectivity index (χ1v) is 8.81. The molecule has 21 heavy (non-hydrogen) atoms. The van der Waals surface area contributed by atoms with E-state index in [0.717, 1.165) is 18.6 Å². The van der Waals surface area contributed by atoms with Crippen LogP contribution in [0, 0.1) is 0 Å². The molecule has 0 saturated heterocycles. The molecule has 5 nitrogen and oxygen atoms in total. The molecule has 0 atom stereocenters. The minimum absolute atomic E-state index is 0.153. The lowest BCUT2D eigenvalue weighted by Gasteiger charge is -2.36. The molecule has 1 aromatic rings. The fourth-order valence-electron chi connectivity index (χ4n) is 2.53. The van der Waals surface area contributed by atoms with E-state index in [2.05, 4.69) is 17.4 Å². The van der Waals surface area contributed by atoms with Crippen LogP contribution in [0.1, 0.15) is 24.3 Å². The van der Waals surface area contributed by atoms with Gasteiger partial charge in [-0.15, -0.1) is 0 Å². The molecule has 0 aromatic heterocycles. The second-order valence-corrected chi connectivity index (χ2v) is 8.00. The van der Waals surface area contributed by atoms with Gasteiger partial charge < -0.3 is 10.1 Å². The van der Waals surface area contributed by atoms with Gasteiger partial charge in [0.1, 0.15) is 5.75 Å². The van der Waals surface area contributed by atoms with Gasteiger partial charge in [-0.25, -0.2) is 12.7 Å². The number of nitrogens with one attached hydrogen (secondary N) is 1. The first kappa shape index (κ1) is 16.3. The lowest BCUT2D eigenvalue weighted by molar-refractivity contribution is 0.295. The van der Waals surface area contributed by atoms with Crippen molar-refractivity contribution >= 4 is 10.0 Å². The van der Waals surface area contributed by atoms with Crippen LogP contribution in [0.3, 0.4) is 0 Å². The lowest BCUT2D eigenvalue weighted by atomic mass is 9.76. The number of benzene rings is 1. The molecule has 1 aliphatic carbocycles. The van der Waals surface area contributed by atoms with Crippen LogP contribution in [0.15, 0.2) is 24.3 Å². The highest BCUT2D eigenvalue weighted by molar-refractivity contribution is 7.89. The summed E-state index contributed by atoms with van der Waals surface area (Å²) in [6.45, 7) is 0.510. The van der Waals surface area contributed by atoms with Crippen LogP contribution in [-0.2, 0) is 10.0 Å². The normalized spacial score (nSPS) is 22.1. The number of sulfonamides is 1. The molecule has 0 bridgehead atoms. The fraction of sp³-hybridized carbons (Fsp3) is 0.600. The quantitative estimate of drug-likeness (QED) is 0.827. The molecule has 118 valence electrons. The van der Waals surface area contributed by atoms with Crippen LogP contribution in [0.5, 0.6) is 5.75 Å². The molecule has 6 heteroatoms. The Bertz CT molecular complexity index is 566. The van der Waals surface area contributed by atoms with Gasteiger partial charge in [0.2, 0.25) is 10.0 Å². The Morgan fingerprint density at radius 1 is 1.33 bits per heavy atom. The summed E-state index contributed by atoms with van der Waals surface area (Å²) in [5, 5.41) is 3.32. The third-order valence-corrected chi connectivity index (χ3v) is 5.89. The van der Waals surface area contributed by atoms with Gasteiger partial charge in [-0.2, -0.15) is 0 Å². The Morgan fingerprint density at radius 3 is 2.67 bits per heavy atom. The molecular formula is C15H24N2O3S. The first-order chi connectivity index (χ1) is 9.92. The van der Waals surface area contributed by atoms with E-state index in [1.165, 1.54) is 9.87 Å². The smallest absolute Gasteiger partial charge is 0.214 e. The van der Waals surface area contributed by atoms with E-state index in [1.54, 1.807) is 21.2 Å². The molecule has 1 fully saturated rings. The van der Waals surface area contributed by atoms with Gasteiger partial charge in [-0.3, -0.25) is 0 Å². The monoisotopic (exact) mass is 312 g/mol. The van der Waals surface area contributed by atoms with Crippen molar-refractivity contribution in [1.82, 2.24) is 9.62 Å². The van der Waals surface area contributed by atoms with Crippen LogP contribution < -0.4 is 10.1 Å². The Hall–Kier alpha value is -1.11. The first-order valence-electron chi connectivity index (χ1n) is 7.20. The van der Waals surface area contributed by atoms with Gasteiger partial charge in [-0.1, -0.05) is 12.1 Å². The zero-order valence-electron chi connectivity index (χ0n) is 12.9. The maximum Gasteiger partial charge on any atom is 0.214 e. The average Bonchev–Trinajstić information content (AvgIpc) is 2.41. The number of rotatable bonds is 7. The van der Waals surface area contributed by atoms with Crippen molar-refractivity contribution in [2.45, 2.75) is 24.8 Å². The van der Waals surface area contributed by atoms with Crippen molar-refractivity contribution in [2.24, 2.45) is 0 Å². The van der Waals surface area contributed by atoms with Crippen molar-refractivity contribution in [3.05, 3.63) is 29.8 Å². The van der Waals surface area contributed by atoms with Gasteiger partial charge in [-0.05, 0) is 36.5 Å². The Morgan fingerprint density at radius 2 is 2.05 bits per heavy atom.